The van der Waals surface area contributed by atoms with Gasteiger partial charge in [0.25, 0.3) is 0 Å². The molecule has 0 unspecified atom stereocenters. The number of rotatable bonds is 1. The first-order chi connectivity index (χ1) is 4.80. The van der Waals surface area contributed by atoms with E-state index in [1.54, 1.807) is 0 Å². The van der Waals surface area contributed by atoms with Gasteiger partial charge in [-0.2, -0.15) is 0 Å². The molecule has 0 aromatic rings. The van der Waals surface area contributed by atoms with Gasteiger partial charge in [0.2, 0.25) is 0 Å². The lowest BCUT2D eigenvalue weighted by Crippen LogP contribution is -2.29. The lowest BCUT2D eigenvalue weighted by molar-refractivity contribution is 0.273. The summed E-state index contributed by atoms with van der Waals surface area (Å²) >= 11 is 0. The lowest BCUT2D eigenvalue weighted by atomic mass is 10.3. The van der Waals surface area contributed by atoms with E-state index < -0.39 is 0 Å². The molecule has 0 atom stereocenters. The summed E-state index contributed by atoms with van der Waals surface area (Å²) in [6.45, 7) is 11.9. The first-order valence-electron chi connectivity index (χ1n) is 4.25. The lowest BCUT2D eigenvalue weighted by Gasteiger charge is -2.17. The van der Waals surface area contributed by atoms with Crippen molar-refractivity contribution < 1.29 is 0 Å². The van der Waals surface area contributed by atoms with Crippen LogP contribution >= 0.6 is 0 Å². The van der Waals surface area contributed by atoms with E-state index in [2.05, 4.69) is 24.1 Å². The molecule has 0 saturated carbocycles. The quantitative estimate of drug-likeness (QED) is 0.596. The van der Waals surface area contributed by atoms with E-state index in [-0.39, 0.29) is 0 Å². The zero-order valence-corrected chi connectivity index (χ0v) is 7.65. The molecule has 1 rings (SSSR count). The van der Waals surface area contributed by atoms with Crippen LogP contribution in [0.5, 0.6) is 0 Å². The molecule has 0 bridgehead atoms. The Morgan fingerprint density at radius 2 is 1.90 bits per heavy atom. The molecule has 1 saturated heterocycles. The van der Waals surface area contributed by atoms with Gasteiger partial charge < -0.3 is 5.32 Å². The molecule has 1 aliphatic rings. The van der Waals surface area contributed by atoms with Gasteiger partial charge >= 0.3 is 0 Å². The topological polar surface area (TPSA) is 15.3 Å². The van der Waals surface area contributed by atoms with Crippen molar-refractivity contribution in [3.63, 3.8) is 0 Å². The zero-order chi connectivity index (χ0) is 7.98. The highest BCUT2D eigenvalue weighted by atomic mass is 15.3. The van der Waals surface area contributed by atoms with Gasteiger partial charge in [-0.05, 0) is 13.8 Å². The molecule has 2 heteroatoms. The van der Waals surface area contributed by atoms with Gasteiger partial charge in [0.05, 0.1) is 0 Å². The Kier molecular flexibility index (Phi) is 5.64. The number of hydrogen-bond acceptors (Lipinski definition) is 2. The summed E-state index contributed by atoms with van der Waals surface area (Å²) in [6, 6.07) is 0.713. The van der Waals surface area contributed by atoms with Crippen LogP contribution in [0.25, 0.3) is 0 Å². The maximum Gasteiger partial charge on any atom is 0.0483 e. The van der Waals surface area contributed by atoms with Crippen molar-refractivity contribution in [3.05, 3.63) is 0 Å². The predicted octanol–water partition coefficient (Wildman–Crippen LogP) is 1.28. The Bertz CT molecular complexity index is 65.7. The van der Waals surface area contributed by atoms with E-state index in [1.165, 1.54) is 6.54 Å². The van der Waals surface area contributed by atoms with E-state index in [0.717, 1.165) is 13.2 Å². The van der Waals surface area contributed by atoms with Crippen LogP contribution in [0.2, 0.25) is 0 Å². The number of hydrogen-bond donors (Lipinski definition) is 1. The molecule has 1 fully saturated rings. The van der Waals surface area contributed by atoms with Crippen molar-refractivity contribution >= 4 is 0 Å². The van der Waals surface area contributed by atoms with Crippen LogP contribution in [-0.4, -0.2) is 30.7 Å². The van der Waals surface area contributed by atoms with Crippen LogP contribution in [0, 0.1) is 0 Å². The maximum absolute atomic E-state index is 3.28. The molecule has 0 aliphatic carbocycles. The van der Waals surface area contributed by atoms with Crippen molar-refractivity contribution in [3.8, 4) is 0 Å². The third-order valence-corrected chi connectivity index (χ3v) is 1.62. The molecule has 0 spiro atoms. The number of nitrogens with zero attached hydrogens (tertiary/aromatic N) is 1. The fourth-order valence-corrected chi connectivity index (χ4v) is 0.965. The average Bonchev–Trinajstić information content (AvgIpc) is 2.42. The monoisotopic (exact) mass is 144 g/mol. The Hall–Kier alpha value is -0.0800. The second-order valence-corrected chi connectivity index (χ2v) is 2.56. The van der Waals surface area contributed by atoms with Crippen LogP contribution in [0.4, 0.5) is 0 Å². The molecular formula is C8H20N2. The van der Waals surface area contributed by atoms with E-state index in [4.69, 9.17) is 0 Å². The van der Waals surface area contributed by atoms with Gasteiger partial charge in [-0.1, -0.05) is 13.8 Å². The highest BCUT2D eigenvalue weighted by Crippen LogP contribution is 1.98. The summed E-state index contributed by atoms with van der Waals surface area (Å²) in [5.74, 6) is 0. The fraction of sp³-hybridized carbons (Fsp3) is 1.00. The molecule has 1 aliphatic heterocycles. The van der Waals surface area contributed by atoms with Crippen LogP contribution in [0.15, 0.2) is 0 Å². The average molecular weight is 144 g/mol. The molecule has 2 nitrogen and oxygen atoms in total. The van der Waals surface area contributed by atoms with Crippen LogP contribution in [0.3, 0.4) is 0 Å². The second-order valence-electron chi connectivity index (χ2n) is 2.56. The minimum absolute atomic E-state index is 0.713. The fourth-order valence-electron chi connectivity index (χ4n) is 0.965. The molecule has 1 heterocycles. The van der Waals surface area contributed by atoms with E-state index in [9.17, 15) is 0 Å². The Labute approximate surface area is 64.6 Å². The van der Waals surface area contributed by atoms with E-state index in [0.29, 0.717) is 6.04 Å². The summed E-state index contributed by atoms with van der Waals surface area (Å²) in [7, 11) is 0. The Balaban J connectivity index is 0.000000371. The second kappa shape index (κ2) is 5.69. The van der Waals surface area contributed by atoms with Gasteiger partial charge in [0.1, 0.15) is 0 Å². The van der Waals surface area contributed by atoms with Crippen LogP contribution < -0.4 is 5.32 Å². The van der Waals surface area contributed by atoms with Crippen LogP contribution in [0.1, 0.15) is 27.7 Å². The SMILES string of the molecule is CC.CC(C)N1CCNC1. The summed E-state index contributed by atoms with van der Waals surface area (Å²) in [4.78, 5) is 2.42. The highest BCUT2D eigenvalue weighted by Gasteiger charge is 2.12. The largest absolute Gasteiger partial charge is 0.303 e. The maximum atomic E-state index is 3.28. The summed E-state index contributed by atoms with van der Waals surface area (Å²) in [5.41, 5.74) is 0. The normalized spacial score (nSPS) is 18.9. The minimum Gasteiger partial charge on any atom is -0.303 e. The van der Waals surface area contributed by atoms with E-state index in [1.807, 2.05) is 13.8 Å². The summed E-state index contributed by atoms with van der Waals surface area (Å²) in [5, 5.41) is 3.28. The molecule has 0 radical (unpaired) electrons. The van der Waals surface area contributed by atoms with Crippen molar-refractivity contribution in [2.75, 3.05) is 19.8 Å². The van der Waals surface area contributed by atoms with Gasteiger partial charge in [0, 0.05) is 25.8 Å². The highest BCUT2D eigenvalue weighted by molar-refractivity contribution is 4.68. The van der Waals surface area contributed by atoms with Crippen LogP contribution in [-0.2, 0) is 0 Å². The summed E-state index contributed by atoms with van der Waals surface area (Å²) < 4.78 is 0. The predicted molar refractivity (Wildman–Crippen MR) is 46.1 cm³/mol. The smallest absolute Gasteiger partial charge is 0.0483 e. The zero-order valence-electron chi connectivity index (χ0n) is 7.65. The van der Waals surface area contributed by atoms with Gasteiger partial charge in [-0.3, -0.25) is 4.90 Å². The van der Waals surface area contributed by atoms with Gasteiger partial charge in [-0.15, -0.1) is 0 Å². The molecule has 62 valence electrons. The first kappa shape index (κ1) is 9.92. The standard InChI is InChI=1S/C6H14N2.C2H6/c1-6(2)8-4-3-7-5-8;1-2/h6-7H,3-5H2,1-2H3;1-2H3. The third kappa shape index (κ3) is 3.18. The molecule has 10 heavy (non-hydrogen) atoms. The van der Waals surface area contributed by atoms with Crippen molar-refractivity contribution in [2.24, 2.45) is 0 Å². The van der Waals surface area contributed by atoms with Crippen molar-refractivity contribution in [1.82, 2.24) is 10.2 Å². The van der Waals surface area contributed by atoms with Gasteiger partial charge in [-0.25, -0.2) is 0 Å². The molecule has 0 aromatic heterocycles. The molecular weight excluding hydrogens is 124 g/mol. The first-order valence-corrected chi connectivity index (χ1v) is 4.25. The minimum atomic E-state index is 0.713. The summed E-state index contributed by atoms with van der Waals surface area (Å²) in [6.07, 6.45) is 0. The van der Waals surface area contributed by atoms with Crippen molar-refractivity contribution in [2.45, 2.75) is 33.7 Å². The molecule has 0 aromatic carbocycles. The number of nitrogens with one attached hydrogen (secondary N) is 1. The third-order valence-electron chi connectivity index (χ3n) is 1.62. The van der Waals surface area contributed by atoms with Gasteiger partial charge in [0.15, 0.2) is 0 Å². The van der Waals surface area contributed by atoms with Crippen molar-refractivity contribution in [1.29, 1.82) is 0 Å². The Morgan fingerprint density at radius 3 is 2.10 bits per heavy atom. The molecule has 1 N–H and O–H groups in total. The molecule has 0 amide bonds. The van der Waals surface area contributed by atoms with E-state index >= 15 is 0 Å². The Morgan fingerprint density at radius 1 is 1.30 bits per heavy atom.